The number of hydrogen-bond donors (Lipinski definition) is 1. The van der Waals surface area contributed by atoms with Crippen molar-refractivity contribution in [2.45, 2.75) is 39.5 Å². The molecule has 1 atom stereocenters. The first kappa shape index (κ1) is 14.5. The van der Waals surface area contributed by atoms with Crippen LogP contribution in [0.1, 0.15) is 38.7 Å². The summed E-state index contributed by atoms with van der Waals surface area (Å²) >= 11 is 0. The van der Waals surface area contributed by atoms with E-state index in [0.29, 0.717) is 11.3 Å². The Morgan fingerprint density at radius 3 is 2.65 bits per heavy atom. The fourth-order valence-corrected chi connectivity index (χ4v) is 2.79. The molecule has 2 aromatic rings. The summed E-state index contributed by atoms with van der Waals surface area (Å²) in [5.41, 5.74) is 1.00. The second-order valence-corrected chi connectivity index (χ2v) is 5.31. The van der Waals surface area contributed by atoms with Crippen molar-refractivity contribution in [3.8, 4) is 5.75 Å². The Hall–Kier alpha value is -1.90. The zero-order valence-electron chi connectivity index (χ0n) is 12.1. The molecule has 0 aromatic heterocycles. The first-order valence-electron chi connectivity index (χ1n) is 7.28. The van der Waals surface area contributed by atoms with Crippen molar-refractivity contribution in [2.75, 3.05) is 0 Å². The summed E-state index contributed by atoms with van der Waals surface area (Å²) in [5, 5.41) is 15.0. The van der Waals surface area contributed by atoms with Gasteiger partial charge in [0, 0.05) is 5.39 Å². The lowest BCUT2D eigenvalue weighted by molar-refractivity contribution is 0.434. The van der Waals surface area contributed by atoms with E-state index in [0.717, 1.165) is 36.6 Å². The number of nitrogens with zero attached hydrogens (tertiary/aromatic N) is 1. The van der Waals surface area contributed by atoms with Crippen LogP contribution in [0.3, 0.4) is 0 Å². The second kappa shape index (κ2) is 6.51. The molecule has 0 radical (unpaired) electrons. The minimum Gasteiger partial charge on any atom is -0.505 e. The third-order valence-corrected chi connectivity index (χ3v) is 3.95. The first-order chi connectivity index (χ1) is 9.71. The van der Waals surface area contributed by atoms with E-state index in [1.165, 1.54) is 0 Å². The molecular formula is C17H21NO2. The number of hydrogen-bond acceptors (Lipinski definition) is 3. The average molecular weight is 271 g/mol. The van der Waals surface area contributed by atoms with E-state index < -0.39 is 0 Å². The lowest BCUT2D eigenvalue weighted by atomic mass is 9.90. The second-order valence-electron chi connectivity index (χ2n) is 5.31. The lowest BCUT2D eigenvalue weighted by Gasteiger charge is -2.16. The molecule has 106 valence electrons. The van der Waals surface area contributed by atoms with Crippen molar-refractivity contribution in [1.29, 1.82) is 0 Å². The molecule has 3 heteroatoms. The Morgan fingerprint density at radius 1 is 1.25 bits per heavy atom. The van der Waals surface area contributed by atoms with Crippen LogP contribution in [0, 0.1) is 10.8 Å². The van der Waals surface area contributed by atoms with Crippen LogP contribution >= 0.6 is 0 Å². The highest BCUT2D eigenvalue weighted by Crippen LogP contribution is 2.39. The summed E-state index contributed by atoms with van der Waals surface area (Å²) in [6, 6.07) is 9.54. The molecular weight excluding hydrogens is 250 g/mol. The number of phenols is 1. The molecule has 0 heterocycles. The molecule has 0 saturated carbocycles. The standard InChI is InChI=1S/C17H21NO2/c1-3-7-12(4-2)10-14-11-13-8-5-6-9-15(13)16(18-20)17(14)19/h5-6,8-9,11-12,19H,3-4,7,10H2,1-2H3. The van der Waals surface area contributed by atoms with Crippen molar-refractivity contribution < 1.29 is 5.11 Å². The summed E-state index contributed by atoms with van der Waals surface area (Å²) in [6.45, 7) is 4.33. The summed E-state index contributed by atoms with van der Waals surface area (Å²) < 4.78 is 0. The lowest BCUT2D eigenvalue weighted by Crippen LogP contribution is -2.03. The molecule has 2 rings (SSSR count). The molecule has 1 unspecified atom stereocenters. The minimum absolute atomic E-state index is 0.0493. The van der Waals surface area contributed by atoms with Crippen LogP contribution in [0.5, 0.6) is 5.75 Å². The molecule has 1 N–H and O–H groups in total. The zero-order valence-corrected chi connectivity index (χ0v) is 12.1. The molecule has 0 fully saturated rings. The quantitative estimate of drug-likeness (QED) is 0.723. The maximum absolute atomic E-state index is 11.1. The predicted molar refractivity (Wildman–Crippen MR) is 83.5 cm³/mol. The van der Waals surface area contributed by atoms with E-state index >= 15 is 0 Å². The SMILES string of the molecule is CCCC(CC)Cc1cc2ccccc2c(N=O)c1O. The fourth-order valence-electron chi connectivity index (χ4n) is 2.79. The van der Waals surface area contributed by atoms with E-state index in [1.807, 2.05) is 30.3 Å². The van der Waals surface area contributed by atoms with Crippen molar-refractivity contribution >= 4 is 16.5 Å². The Morgan fingerprint density at radius 2 is 2.00 bits per heavy atom. The van der Waals surface area contributed by atoms with Crippen molar-refractivity contribution in [3.63, 3.8) is 0 Å². The van der Waals surface area contributed by atoms with Crippen LogP contribution in [-0.2, 0) is 6.42 Å². The number of phenolic OH excluding ortho intramolecular Hbond substituents is 1. The fraction of sp³-hybridized carbons (Fsp3) is 0.412. The first-order valence-corrected chi connectivity index (χ1v) is 7.28. The van der Waals surface area contributed by atoms with Crippen molar-refractivity contribution in [1.82, 2.24) is 0 Å². The van der Waals surface area contributed by atoms with Gasteiger partial charge in [0.25, 0.3) is 0 Å². The monoisotopic (exact) mass is 271 g/mol. The number of fused-ring (bicyclic) bond motifs is 1. The molecule has 0 spiro atoms. The molecule has 0 amide bonds. The van der Waals surface area contributed by atoms with Gasteiger partial charge in [-0.2, -0.15) is 0 Å². The zero-order chi connectivity index (χ0) is 14.5. The molecule has 0 aliphatic carbocycles. The topological polar surface area (TPSA) is 49.7 Å². The van der Waals surface area contributed by atoms with Gasteiger partial charge in [0.1, 0.15) is 5.75 Å². The maximum atomic E-state index is 11.1. The van der Waals surface area contributed by atoms with Gasteiger partial charge in [-0.15, -0.1) is 4.91 Å². The van der Waals surface area contributed by atoms with Gasteiger partial charge in [-0.3, -0.25) is 0 Å². The van der Waals surface area contributed by atoms with Crippen LogP contribution in [0.25, 0.3) is 10.8 Å². The number of benzene rings is 2. The van der Waals surface area contributed by atoms with Gasteiger partial charge in [-0.1, -0.05) is 57.4 Å². The summed E-state index contributed by atoms with van der Waals surface area (Å²) in [6.07, 6.45) is 4.13. The Bertz CT molecular complexity index is 607. The van der Waals surface area contributed by atoms with Gasteiger partial charge in [0.05, 0.1) is 0 Å². The van der Waals surface area contributed by atoms with Crippen LogP contribution < -0.4 is 0 Å². The summed E-state index contributed by atoms with van der Waals surface area (Å²) in [4.78, 5) is 11.1. The van der Waals surface area contributed by atoms with E-state index in [1.54, 1.807) is 0 Å². The van der Waals surface area contributed by atoms with Gasteiger partial charge in [-0.25, -0.2) is 0 Å². The normalized spacial score (nSPS) is 12.5. The Kier molecular flexibility index (Phi) is 4.72. The average Bonchev–Trinajstić information content (AvgIpc) is 2.47. The number of aromatic hydroxyl groups is 1. The molecule has 0 bridgehead atoms. The molecule has 0 saturated heterocycles. The highest BCUT2D eigenvalue weighted by molar-refractivity contribution is 5.96. The van der Waals surface area contributed by atoms with E-state index in [4.69, 9.17) is 0 Å². The Balaban J connectivity index is 2.48. The van der Waals surface area contributed by atoms with Gasteiger partial charge in [0.15, 0.2) is 5.69 Å². The predicted octanol–water partition coefficient (Wildman–Crippen LogP) is 5.31. The van der Waals surface area contributed by atoms with Gasteiger partial charge < -0.3 is 5.11 Å². The van der Waals surface area contributed by atoms with E-state index in [-0.39, 0.29) is 11.4 Å². The van der Waals surface area contributed by atoms with Crippen LogP contribution in [0.4, 0.5) is 5.69 Å². The van der Waals surface area contributed by atoms with E-state index in [2.05, 4.69) is 19.0 Å². The summed E-state index contributed by atoms with van der Waals surface area (Å²) in [5.74, 6) is 0.583. The molecule has 0 aliphatic rings. The highest BCUT2D eigenvalue weighted by Gasteiger charge is 2.16. The number of nitroso groups, excluding NO2 is 1. The maximum Gasteiger partial charge on any atom is 0.157 e. The Labute approximate surface area is 119 Å². The minimum atomic E-state index is 0.0493. The molecule has 3 nitrogen and oxygen atoms in total. The third-order valence-electron chi connectivity index (χ3n) is 3.95. The van der Waals surface area contributed by atoms with Crippen molar-refractivity contribution in [3.05, 3.63) is 40.8 Å². The smallest absolute Gasteiger partial charge is 0.157 e. The molecule has 0 aliphatic heterocycles. The van der Waals surface area contributed by atoms with Crippen molar-refractivity contribution in [2.24, 2.45) is 11.1 Å². The molecule has 2 aromatic carbocycles. The van der Waals surface area contributed by atoms with Gasteiger partial charge in [0.2, 0.25) is 0 Å². The number of rotatable bonds is 6. The summed E-state index contributed by atoms with van der Waals surface area (Å²) in [7, 11) is 0. The van der Waals surface area contributed by atoms with Gasteiger partial charge >= 0.3 is 0 Å². The highest BCUT2D eigenvalue weighted by atomic mass is 16.3. The molecule has 20 heavy (non-hydrogen) atoms. The largest absolute Gasteiger partial charge is 0.505 e. The van der Waals surface area contributed by atoms with Crippen LogP contribution in [0.15, 0.2) is 35.5 Å². The third kappa shape index (κ3) is 2.82. The van der Waals surface area contributed by atoms with Gasteiger partial charge in [-0.05, 0) is 34.5 Å². The van der Waals surface area contributed by atoms with Crippen LogP contribution in [0.2, 0.25) is 0 Å². The van der Waals surface area contributed by atoms with Crippen LogP contribution in [-0.4, -0.2) is 5.11 Å². The van der Waals surface area contributed by atoms with E-state index in [9.17, 15) is 10.0 Å².